The van der Waals surface area contributed by atoms with Crippen molar-refractivity contribution in [1.29, 1.82) is 0 Å². The standard InChI is InChI=1S/C23H36N4O3/c1-17-5-4-6-21(18(17)2)25-23(29)16-26(3)15-22(28)24-19-7-9-20(10-8-19)27-11-13-30-14-12-27/h7-10,17-18,21H,4-6,11-16H2,1-3H3,(H,24,28)(H,25,29)/p+1/t17-,18+,21+/m0/s1. The summed E-state index contributed by atoms with van der Waals surface area (Å²) in [5.41, 5.74) is 1.92. The summed E-state index contributed by atoms with van der Waals surface area (Å²) in [7, 11) is 1.88. The van der Waals surface area contributed by atoms with Gasteiger partial charge in [0.25, 0.3) is 11.8 Å². The van der Waals surface area contributed by atoms with Crippen molar-refractivity contribution in [3.8, 4) is 0 Å². The fourth-order valence-electron chi connectivity index (χ4n) is 4.44. The number of ether oxygens (including phenoxy) is 1. The molecule has 1 saturated heterocycles. The van der Waals surface area contributed by atoms with E-state index >= 15 is 0 Å². The van der Waals surface area contributed by atoms with Crippen molar-refractivity contribution in [3.05, 3.63) is 24.3 Å². The van der Waals surface area contributed by atoms with Gasteiger partial charge in [0.2, 0.25) is 0 Å². The highest BCUT2D eigenvalue weighted by Crippen LogP contribution is 2.29. The fraction of sp³-hybridized carbons (Fsp3) is 0.652. The summed E-state index contributed by atoms with van der Waals surface area (Å²) in [5.74, 6) is 1.10. The molecule has 0 radical (unpaired) electrons. The van der Waals surface area contributed by atoms with Gasteiger partial charge in [0.15, 0.2) is 13.1 Å². The summed E-state index contributed by atoms with van der Waals surface area (Å²) in [4.78, 5) is 28.0. The first-order valence-electron chi connectivity index (χ1n) is 11.3. The van der Waals surface area contributed by atoms with Crippen LogP contribution in [-0.2, 0) is 14.3 Å². The molecule has 3 rings (SSSR count). The highest BCUT2D eigenvalue weighted by molar-refractivity contribution is 5.91. The molecule has 1 aliphatic carbocycles. The minimum absolute atomic E-state index is 0.0288. The number of quaternary nitrogens is 1. The van der Waals surface area contributed by atoms with Crippen LogP contribution in [0.5, 0.6) is 0 Å². The number of carbonyl (C=O) groups is 2. The number of likely N-dealkylation sites (N-methyl/N-ethyl adjacent to an activating group) is 1. The molecule has 1 saturated carbocycles. The largest absolute Gasteiger partial charge is 0.378 e. The van der Waals surface area contributed by atoms with Crippen LogP contribution >= 0.6 is 0 Å². The predicted octanol–water partition coefficient (Wildman–Crippen LogP) is 0.917. The Morgan fingerprint density at radius 2 is 1.73 bits per heavy atom. The molecule has 1 heterocycles. The highest BCUT2D eigenvalue weighted by Gasteiger charge is 2.28. The second-order valence-corrected chi connectivity index (χ2v) is 8.95. The summed E-state index contributed by atoms with van der Waals surface area (Å²) in [5, 5.41) is 6.12. The van der Waals surface area contributed by atoms with Gasteiger partial charge in [0.1, 0.15) is 0 Å². The molecule has 3 N–H and O–H groups in total. The molecule has 0 spiro atoms. The van der Waals surface area contributed by atoms with Crippen molar-refractivity contribution in [3.63, 3.8) is 0 Å². The zero-order valence-corrected chi connectivity index (χ0v) is 18.6. The van der Waals surface area contributed by atoms with Crippen LogP contribution in [0.1, 0.15) is 33.1 Å². The molecular formula is C23H37N4O3+. The average Bonchev–Trinajstić information content (AvgIpc) is 2.72. The zero-order valence-electron chi connectivity index (χ0n) is 18.6. The lowest BCUT2D eigenvalue weighted by Gasteiger charge is -2.34. The van der Waals surface area contributed by atoms with E-state index in [0.717, 1.165) is 49.0 Å². The number of morpholine rings is 1. The quantitative estimate of drug-likeness (QED) is 0.617. The third-order valence-electron chi connectivity index (χ3n) is 6.51. The van der Waals surface area contributed by atoms with E-state index in [0.29, 0.717) is 18.4 Å². The number of anilines is 2. The Bertz CT molecular complexity index is 703. The van der Waals surface area contributed by atoms with Crippen LogP contribution in [0, 0.1) is 11.8 Å². The van der Waals surface area contributed by atoms with Crippen molar-refractivity contribution < 1.29 is 19.2 Å². The van der Waals surface area contributed by atoms with Gasteiger partial charge in [-0.2, -0.15) is 0 Å². The van der Waals surface area contributed by atoms with Crippen molar-refractivity contribution in [2.24, 2.45) is 11.8 Å². The molecule has 166 valence electrons. The summed E-state index contributed by atoms with van der Waals surface area (Å²) in [6.07, 6.45) is 3.47. The number of nitrogens with one attached hydrogen (secondary N) is 3. The van der Waals surface area contributed by atoms with Gasteiger partial charge in [-0.25, -0.2) is 0 Å². The number of carbonyl (C=O) groups excluding carboxylic acids is 2. The van der Waals surface area contributed by atoms with Crippen LogP contribution in [0.2, 0.25) is 0 Å². The summed E-state index contributed by atoms with van der Waals surface area (Å²) >= 11 is 0. The monoisotopic (exact) mass is 417 g/mol. The van der Waals surface area contributed by atoms with Gasteiger partial charge >= 0.3 is 0 Å². The van der Waals surface area contributed by atoms with Gasteiger partial charge in [0, 0.05) is 30.5 Å². The van der Waals surface area contributed by atoms with Crippen LogP contribution < -0.4 is 20.4 Å². The van der Waals surface area contributed by atoms with Crippen LogP contribution in [0.4, 0.5) is 11.4 Å². The van der Waals surface area contributed by atoms with Crippen LogP contribution in [-0.4, -0.2) is 64.3 Å². The van der Waals surface area contributed by atoms with E-state index in [4.69, 9.17) is 4.74 Å². The Kier molecular flexibility index (Phi) is 8.10. The molecule has 1 aliphatic heterocycles. The van der Waals surface area contributed by atoms with Crippen LogP contribution in [0.25, 0.3) is 0 Å². The maximum absolute atomic E-state index is 12.4. The van der Waals surface area contributed by atoms with Crippen molar-refractivity contribution in [2.75, 3.05) is 56.7 Å². The van der Waals surface area contributed by atoms with Gasteiger partial charge in [-0.15, -0.1) is 0 Å². The van der Waals surface area contributed by atoms with Crippen molar-refractivity contribution in [1.82, 2.24) is 5.32 Å². The maximum Gasteiger partial charge on any atom is 0.279 e. The predicted molar refractivity (Wildman–Crippen MR) is 119 cm³/mol. The second-order valence-electron chi connectivity index (χ2n) is 8.95. The third-order valence-corrected chi connectivity index (χ3v) is 6.51. The van der Waals surface area contributed by atoms with E-state index in [1.165, 1.54) is 12.8 Å². The average molecular weight is 418 g/mol. The molecule has 0 bridgehead atoms. The highest BCUT2D eigenvalue weighted by atomic mass is 16.5. The summed E-state index contributed by atoms with van der Waals surface area (Å²) in [6, 6.07) is 8.16. The van der Waals surface area contributed by atoms with Gasteiger partial charge in [-0.05, 0) is 42.5 Å². The molecule has 0 aromatic heterocycles. The molecule has 2 aliphatic rings. The molecule has 2 fully saturated rings. The first kappa shape index (κ1) is 22.6. The summed E-state index contributed by atoms with van der Waals surface area (Å²) in [6.45, 7) is 8.33. The second kappa shape index (κ2) is 10.8. The smallest absolute Gasteiger partial charge is 0.279 e. The minimum Gasteiger partial charge on any atom is -0.378 e. The van der Waals surface area contributed by atoms with Crippen molar-refractivity contribution in [2.45, 2.75) is 39.2 Å². The number of amides is 2. The Hall–Kier alpha value is -2.12. The molecular weight excluding hydrogens is 380 g/mol. The first-order valence-corrected chi connectivity index (χ1v) is 11.3. The molecule has 4 atom stereocenters. The normalized spacial score (nSPS) is 25.4. The third kappa shape index (κ3) is 6.44. The van der Waals surface area contributed by atoms with E-state index in [9.17, 15) is 9.59 Å². The number of benzene rings is 1. The lowest BCUT2D eigenvalue weighted by Crippen LogP contribution is -3.11. The lowest BCUT2D eigenvalue weighted by molar-refractivity contribution is -0.862. The Morgan fingerprint density at radius 3 is 2.43 bits per heavy atom. The van der Waals surface area contributed by atoms with Gasteiger partial charge < -0.3 is 25.2 Å². The summed E-state index contributed by atoms with van der Waals surface area (Å²) < 4.78 is 5.38. The van der Waals surface area contributed by atoms with Gasteiger partial charge in [0.05, 0.1) is 20.3 Å². The molecule has 7 nitrogen and oxygen atoms in total. The van der Waals surface area contributed by atoms with Crippen LogP contribution in [0.3, 0.4) is 0 Å². The van der Waals surface area contributed by atoms with Crippen LogP contribution in [0.15, 0.2) is 24.3 Å². The number of rotatable bonds is 7. The van der Waals surface area contributed by atoms with E-state index in [-0.39, 0.29) is 24.4 Å². The number of nitrogens with zero attached hydrogens (tertiary/aromatic N) is 1. The number of hydrogen-bond acceptors (Lipinski definition) is 4. The topological polar surface area (TPSA) is 75.1 Å². The van der Waals surface area contributed by atoms with Crippen molar-refractivity contribution >= 4 is 23.2 Å². The minimum atomic E-state index is -0.0842. The van der Waals surface area contributed by atoms with E-state index in [1.807, 2.05) is 31.3 Å². The lowest BCUT2D eigenvalue weighted by atomic mass is 9.78. The van der Waals surface area contributed by atoms with E-state index in [1.54, 1.807) is 0 Å². The molecule has 1 unspecified atom stereocenters. The molecule has 1 aromatic carbocycles. The van der Waals surface area contributed by atoms with E-state index < -0.39 is 0 Å². The molecule has 2 amide bonds. The molecule has 30 heavy (non-hydrogen) atoms. The van der Waals surface area contributed by atoms with Gasteiger partial charge in [-0.3, -0.25) is 9.59 Å². The maximum atomic E-state index is 12.4. The Balaban J connectivity index is 1.41. The first-order chi connectivity index (χ1) is 14.4. The Morgan fingerprint density at radius 1 is 1.07 bits per heavy atom. The Labute approximate surface area is 180 Å². The van der Waals surface area contributed by atoms with Gasteiger partial charge in [-0.1, -0.05) is 26.7 Å². The zero-order chi connectivity index (χ0) is 21.5. The van der Waals surface area contributed by atoms with E-state index in [2.05, 4.69) is 29.4 Å². The number of hydrogen-bond donors (Lipinski definition) is 3. The molecule has 7 heteroatoms. The molecule has 1 aromatic rings. The SMILES string of the molecule is C[C@@H]1[C@@H](C)CCC[C@H]1NC(=O)C[NH+](C)CC(=O)Nc1ccc(N2CCOCC2)cc1. The fourth-order valence-corrected chi connectivity index (χ4v) is 4.44.